The highest BCUT2D eigenvalue weighted by atomic mass is 32.2. The zero-order chi connectivity index (χ0) is 21.1. The quantitative estimate of drug-likeness (QED) is 0.568. The Balaban J connectivity index is 1.71. The number of aliphatic imine (C=N–C) groups is 1. The second-order valence-corrected chi connectivity index (χ2v) is 11.2. The van der Waals surface area contributed by atoms with E-state index in [1.165, 1.54) is 0 Å². The lowest BCUT2D eigenvalue weighted by Gasteiger charge is -2.39. The monoisotopic (exact) mass is 422 g/mol. The number of piperazine rings is 1. The van der Waals surface area contributed by atoms with Gasteiger partial charge in [-0.1, -0.05) is 0 Å². The van der Waals surface area contributed by atoms with Crippen molar-refractivity contribution in [1.29, 1.82) is 0 Å². The van der Waals surface area contributed by atoms with E-state index in [2.05, 4.69) is 38.1 Å². The molecule has 1 aromatic heterocycles. The van der Waals surface area contributed by atoms with Gasteiger partial charge in [-0.25, -0.2) is 18.4 Å². The number of nitrogens with one attached hydrogen (secondary N) is 1. The van der Waals surface area contributed by atoms with Crippen molar-refractivity contribution in [1.82, 2.24) is 20.1 Å². The molecule has 3 heterocycles. The highest BCUT2D eigenvalue weighted by Gasteiger charge is 2.40. The molecule has 0 radical (unpaired) electrons. The van der Waals surface area contributed by atoms with Crippen LogP contribution in [0.25, 0.3) is 0 Å². The summed E-state index contributed by atoms with van der Waals surface area (Å²) < 4.78 is 23.9. The molecular formula is C20H34N6O2S. The lowest BCUT2D eigenvalue weighted by molar-refractivity contribution is 0.312. The number of guanidine groups is 1. The molecule has 9 heteroatoms. The third-order valence-electron chi connectivity index (χ3n) is 5.73. The van der Waals surface area contributed by atoms with Crippen LogP contribution in [0.1, 0.15) is 26.3 Å². The Morgan fingerprint density at radius 1 is 1.24 bits per heavy atom. The van der Waals surface area contributed by atoms with E-state index in [1.54, 1.807) is 13.8 Å². The molecule has 1 aromatic rings. The minimum atomic E-state index is -3.07. The minimum absolute atomic E-state index is 0.160. The van der Waals surface area contributed by atoms with Gasteiger partial charge in [0.2, 0.25) is 0 Å². The van der Waals surface area contributed by atoms with Gasteiger partial charge in [-0.2, -0.15) is 0 Å². The average molecular weight is 423 g/mol. The van der Waals surface area contributed by atoms with E-state index in [0.29, 0.717) is 19.6 Å². The summed E-state index contributed by atoms with van der Waals surface area (Å²) in [7, 11) is -0.929. The van der Waals surface area contributed by atoms with Crippen molar-refractivity contribution in [3.63, 3.8) is 0 Å². The first-order chi connectivity index (χ1) is 13.7. The van der Waals surface area contributed by atoms with Crippen LogP contribution in [-0.4, -0.2) is 92.5 Å². The van der Waals surface area contributed by atoms with E-state index in [4.69, 9.17) is 4.99 Å². The van der Waals surface area contributed by atoms with Crippen LogP contribution in [0.15, 0.2) is 23.3 Å². The number of nitrogens with zero attached hydrogens (tertiary/aromatic N) is 5. The lowest BCUT2D eigenvalue weighted by Crippen LogP contribution is -2.57. The number of pyridine rings is 1. The van der Waals surface area contributed by atoms with Crippen LogP contribution in [0.4, 0.5) is 5.82 Å². The molecule has 0 atom stereocenters. The summed E-state index contributed by atoms with van der Waals surface area (Å²) in [5.74, 6) is 1.93. The number of rotatable bonds is 4. The topological polar surface area (TPSA) is 81.1 Å². The smallest absolute Gasteiger partial charge is 0.194 e. The molecule has 2 saturated heterocycles. The Bertz CT molecular complexity index is 831. The fourth-order valence-electron chi connectivity index (χ4n) is 3.68. The number of aromatic nitrogens is 1. The van der Waals surface area contributed by atoms with Crippen molar-refractivity contribution in [3.05, 3.63) is 23.9 Å². The molecular weight excluding hydrogens is 388 g/mol. The van der Waals surface area contributed by atoms with Crippen LogP contribution >= 0.6 is 0 Å². The largest absolute Gasteiger partial charge is 0.357 e. The van der Waals surface area contributed by atoms with Crippen molar-refractivity contribution in [3.8, 4) is 0 Å². The molecule has 0 amide bonds. The van der Waals surface area contributed by atoms with Crippen LogP contribution < -0.4 is 10.2 Å². The molecule has 162 valence electrons. The van der Waals surface area contributed by atoms with E-state index in [-0.39, 0.29) is 5.75 Å². The molecule has 0 bridgehead atoms. The van der Waals surface area contributed by atoms with E-state index in [9.17, 15) is 8.42 Å². The summed E-state index contributed by atoms with van der Waals surface area (Å²) in [4.78, 5) is 16.0. The summed E-state index contributed by atoms with van der Waals surface area (Å²) in [6.45, 7) is 11.9. The molecule has 2 aliphatic heterocycles. The first-order valence-corrected chi connectivity index (χ1v) is 12.0. The summed E-state index contributed by atoms with van der Waals surface area (Å²) in [6, 6.07) is 4.11. The first kappa shape index (κ1) is 21.8. The van der Waals surface area contributed by atoms with E-state index < -0.39 is 14.6 Å². The van der Waals surface area contributed by atoms with Crippen molar-refractivity contribution >= 4 is 21.6 Å². The van der Waals surface area contributed by atoms with E-state index in [0.717, 1.165) is 50.1 Å². The van der Waals surface area contributed by atoms with E-state index >= 15 is 0 Å². The number of hydrogen-bond donors (Lipinski definition) is 1. The standard InChI is InChI=1S/C20H34N6O2S/c1-5-21-19(26-12-13-29(27,28)20(2,3)16-26)23-15-17-6-7-22-18(14-17)25-10-8-24(4)9-11-25/h6-7,14H,5,8-13,15-16H2,1-4H3,(H,21,23). The highest BCUT2D eigenvalue weighted by molar-refractivity contribution is 7.92. The summed E-state index contributed by atoms with van der Waals surface area (Å²) in [6.07, 6.45) is 1.85. The van der Waals surface area contributed by atoms with Gasteiger partial charge in [0.15, 0.2) is 15.8 Å². The first-order valence-electron chi connectivity index (χ1n) is 10.4. The maximum atomic E-state index is 12.3. The van der Waals surface area contributed by atoms with Gasteiger partial charge in [0.05, 0.1) is 17.0 Å². The number of hydrogen-bond acceptors (Lipinski definition) is 6. The molecule has 0 spiro atoms. The Labute approximate surface area is 174 Å². The molecule has 2 aliphatic rings. The summed E-state index contributed by atoms with van der Waals surface area (Å²) in [5.41, 5.74) is 1.10. The Morgan fingerprint density at radius 3 is 2.62 bits per heavy atom. The van der Waals surface area contributed by atoms with Gasteiger partial charge in [-0.15, -0.1) is 0 Å². The van der Waals surface area contributed by atoms with Crippen molar-refractivity contribution < 1.29 is 8.42 Å². The van der Waals surface area contributed by atoms with Crippen molar-refractivity contribution in [2.75, 3.05) is 63.5 Å². The highest BCUT2D eigenvalue weighted by Crippen LogP contribution is 2.24. The minimum Gasteiger partial charge on any atom is -0.357 e. The van der Waals surface area contributed by atoms with Crippen LogP contribution in [0, 0.1) is 0 Å². The Morgan fingerprint density at radius 2 is 1.97 bits per heavy atom. The Kier molecular flexibility index (Phi) is 6.68. The van der Waals surface area contributed by atoms with Crippen LogP contribution in [0.3, 0.4) is 0 Å². The summed E-state index contributed by atoms with van der Waals surface area (Å²) in [5, 5.41) is 3.32. The zero-order valence-corrected chi connectivity index (χ0v) is 18.9. The van der Waals surface area contributed by atoms with Gasteiger partial charge in [0.1, 0.15) is 5.82 Å². The van der Waals surface area contributed by atoms with Gasteiger partial charge in [0, 0.05) is 52.0 Å². The second kappa shape index (κ2) is 8.87. The molecule has 8 nitrogen and oxygen atoms in total. The van der Waals surface area contributed by atoms with Crippen LogP contribution in [-0.2, 0) is 16.4 Å². The molecule has 0 unspecified atom stereocenters. The van der Waals surface area contributed by atoms with Crippen molar-refractivity contribution in [2.45, 2.75) is 32.1 Å². The third kappa shape index (κ3) is 5.19. The van der Waals surface area contributed by atoms with E-state index in [1.807, 2.05) is 19.2 Å². The lowest BCUT2D eigenvalue weighted by atomic mass is 10.2. The average Bonchev–Trinajstić information content (AvgIpc) is 2.68. The van der Waals surface area contributed by atoms with Gasteiger partial charge in [0.25, 0.3) is 0 Å². The van der Waals surface area contributed by atoms with Crippen molar-refractivity contribution in [2.24, 2.45) is 4.99 Å². The second-order valence-electron chi connectivity index (χ2n) is 8.48. The van der Waals surface area contributed by atoms with Gasteiger partial charge >= 0.3 is 0 Å². The molecule has 3 rings (SSSR count). The van der Waals surface area contributed by atoms with Crippen LogP contribution in [0.5, 0.6) is 0 Å². The van der Waals surface area contributed by atoms with Gasteiger partial charge < -0.3 is 20.0 Å². The number of sulfone groups is 1. The molecule has 0 saturated carbocycles. The molecule has 0 aliphatic carbocycles. The molecule has 2 fully saturated rings. The predicted octanol–water partition coefficient (Wildman–Crippen LogP) is 0.808. The van der Waals surface area contributed by atoms with Gasteiger partial charge in [-0.3, -0.25) is 0 Å². The predicted molar refractivity (Wildman–Crippen MR) is 118 cm³/mol. The molecule has 29 heavy (non-hydrogen) atoms. The maximum absolute atomic E-state index is 12.3. The van der Waals surface area contributed by atoms with Crippen LogP contribution in [0.2, 0.25) is 0 Å². The van der Waals surface area contributed by atoms with Gasteiger partial charge in [-0.05, 0) is 45.5 Å². The number of anilines is 1. The maximum Gasteiger partial charge on any atom is 0.194 e. The normalized spacial score (nSPS) is 22.6. The zero-order valence-electron chi connectivity index (χ0n) is 18.1. The Hall–Kier alpha value is -1.87. The SMILES string of the molecule is CCNC(=NCc1ccnc(N2CCN(C)CC2)c1)N1CCS(=O)(=O)C(C)(C)C1. The molecule has 1 N–H and O–H groups in total. The fourth-order valence-corrected chi connectivity index (χ4v) is 5.05. The fraction of sp³-hybridized carbons (Fsp3) is 0.700. The molecule has 0 aromatic carbocycles. The number of likely N-dealkylation sites (N-methyl/N-ethyl adjacent to an activating group) is 1. The third-order valence-corrected chi connectivity index (χ3v) is 8.26. The summed E-state index contributed by atoms with van der Waals surface area (Å²) >= 11 is 0.